The van der Waals surface area contributed by atoms with Crippen molar-refractivity contribution in [2.75, 3.05) is 6.61 Å². The minimum atomic E-state index is -3.98. The molecule has 0 radical (unpaired) electrons. The molecule has 0 spiro atoms. The molecule has 1 heterocycles. The monoisotopic (exact) mass is 382 g/mol. The van der Waals surface area contributed by atoms with Gasteiger partial charge in [-0.05, 0) is 49.7 Å². The van der Waals surface area contributed by atoms with Crippen molar-refractivity contribution in [1.29, 1.82) is 5.26 Å². The molecule has 0 aliphatic heterocycles. The van der Waals surface area contributed by atoms with E-state index < -0.39 is 14.9 Å². The molecule has 0 aliphatic carbocycles. The van der Waals surface area contributed by atoms with Crippen LogP contribution in [-0.4, -0.2) is 20.0 Å². The maximum absolute atomic E-state index is 12.8. The van der Waals surface area contributed by atoms with E-state index in [0.717, 1.165) is 12.0 Å². The first-order valence-corrected chi connectivity index (χ1v) is 9.90. The van der Waals surface area contributed by atoms with E-state index in [2.05, 4.69) is 4.98 Å². The van der Waals surface area contributed by atoms with Gasteiger partial charge in [0.2, 0.25) is 15.7 Å². The fourth-order valence-corrected chi connectivity index (χ4v) is 3.66. The molecular formula is C20H18N2O4S. The molecule has 138 valence electrons. The lowest BCUT2D eigenvalue weighted by atomic mass is 10.2. The lowest BCUT2D eigenvalue weighted by Crippen LogP contribution is -2.02. The van der Waals surface area contributed by atoms with E-state index in [-0.39, 0.29) is 16.5 Å². The van der Waals surface area contributed by atoms with Gasteiger partial charge >= 0.3 is 0 Å². The lowest BCUT2D eigenvalue weighted by Gasteiger charge is -2.04. The summed E-state index contributed by atoms with van der Waals surface area (Å²) in [5, 5.41) is 8.87. The van der Waals surface area contributed by atoms with Crippen molar-refractivity contribution in [3.8, 4) is 23.3 Å². The SMILES string of the molecule is CCCOc1ccc(-c2nc(C#N)c(S(=O)(=O)c3ccc(C)cc3)o2)cc1. The number of aryl methyl sites for hydroxylation is 1. The highest BCUT2D eigenvalue weighted by molar-refractivity contribution is 7.91. The Kier molecular flexibility index (Phi) is 5.28. The number of nitriles is 1. The average molecular weight is 382 g/mol. The van der Waals surface area contributed by atoms with Gasteiger partial charge in [-0.1, -0.05) is 24.6 Å². The number of rotatable bonds is 6. The molecule has 1 aromatic heterocycles. The summed E-state index contributed by atoms with van der Waals surface area (Å²) in [5.74, 6) is 0.763. The summed E-state index contributed by atoms with van der Waals surface area (Å²) in [5.41, 5.74) is 1.22. The van der Waals surface area contributed by atoms with Crippen LogP contribution in [0.3, 0.4) is 0 Å². The minimum Gasteiger partial charge on any atom is -0.494 e. The number of oxazole rings is 1. The molecule has 0 aliphatic rings. The maximum Gasteiger partial charge on any atom is 0.261 e. The van der Waals surface area contributed by atoms with Crippen molar-refractivity contribution in [1.82, 2.24) is 4.98 Å². The topological polar surface area (TPSA) is 93.2 Å². The Morgan fingerprint density at radius 3 is 2.37 bits per heavy atom. The molecule has 0 saturated carbocycles. The van der Waals surface area contributed by atoms with E-state index in [1.165, 1.54) is 12.1 Å². The molecule has 3 rings (SSSR count). The Morgan fingerprint density at radius 2 is 1.78 bits per heavy atom. The van der Waals surface area contributed by atoms with Crippen LogP contribution in [0.5, 0.6) is 5.75 Å². The average Bonchev–Trinajstić information content (AvgIpc) is 3.12. The van der Waals surface area contributed by atoms with Gasteiger partial charge in [0.1, 0.15) is 11.8 Å². The third-order valence-corrected chi connectivity index (χ3v) is 5.51. The Morgan fingerprint density at radius 1 is 1.11 bits per heavy atom. The van der Waals surface area contributed by atoms with Gasteiger partial charge in [-0.25, -0.2) is 8.42 Å². The van der Waals surface area contributed by atoms with Crippen LogP contribution in [0.1, 0.15) is 24.6 Å². The molecule has 0 fully saturated rings. The Labute approximate surface area is 158 Å². The molecule has 0 saturated heterocycles. The standard InChI is InChI=1S/C20H18N2O4S/c1-3-12-25-16-8-6-15(7-9-16)19-22-18(13-21)20(26-19)27(23,24)17-10-4-14(2)5-11-17/h4-11H,3,12H2,1-2H3. The number of hydrogen-bond donors (Lipinski definition) is 0. The summed E-state index contributed by atoms with van der Waals surface area (Å²) >= 11 is 0. The number of aromatic nitrogens is 1. The van der Waals surface area contributed by atoms with E-state index >= 15 is 0 Å². The number of ether oxygens (including phenoxy) is 1. The highest BCUT2D eigenvalue weighted by Crippen LogP contribution is 2.30. The van der Waals surface area contributed by atoms with Crippen LogP contribution in [0.2, 0.25) is 0 Å². The summed E-state index contributed by atoms with van der Waals surface area (Å²) in [6.07, 6.45) is 0.896. The number of hydrogen-bond acceptors (Lipinski definition) is 6. The Bertz CT molecular complexity index is 1080. The highest BCUT2D eigenvalue weighted by atomic mass is 32.2. The van der Waals surface area contributed by atoms with Crippen molar-refractivity contribution in [2.24, 2.45) is 0 Å². The van der Waals surface area contributed by atoms with E-state index in [0.29, 0.717) is 17.9 Å². The normalized spacial score (nSPS) is 11.1. The summed E-state index contributed by atoms with van der Waals surface area (Å²) in [7, 11) is -3.98. The van der Waals surface area contributed by atoms with Crippen LogP contribution in [-0.2, 0) is 9.84 Å². The summed E-state index contributed by atoms with van der Waals surface area (Å²) in [4.78, 5) is 4.10. The summed E-state index contributed by atoms with van der Waals surface area (Å²) in [6, 6.07) is 15.0. The van der Waals surface area contributed by atoms with Crippen LogP contribution in [0.15, 0.2) is 62.9 Å². The molecule has 6 nitrogen and oxygen atoms in total. The van der Waals surface area contributed by atoms with Crippen LogP contribution in [0.4, 0.5) is 0 Å². The quantitative estimate of drug-likeness (QED) is 0.636. The molecule has 3 aromatic rings. The molecule has 0 N–H and O–H groups in total. The fraction of sp³-hybridized carbons (Fsp3) is 0.200. The molecule has 0 atom stereocenters. The first-order chi connectivity index (χ1) is 13.0. The van der Waals surface area contributed by atoms with Gasteiger partial charge in [-0.2, -0.15) is 10.2 Å². The van der Waals surface area contributed by atoms with E-state index in [1.807, 2.05) is 13.8 Å². The minimum absolute atomic E-state index is 0.0515. The Balaban J connectivity index is 1.98. The molecule has 27 heavy (non-hydrogen) atoms. The fourth-order valence-electron chi connectivity index (χ4n) is 2.42. The largest absolute Gasteiger partial charge is 0.494 e. The van der Waals surface area contributed by atoms with Crippen LogP contribution >= 0.6 is 0 Å². The van der Waals surface area contributed by atoms with Crippen molar-refractivity contribution in [3.63, 3.8) is 0 Å². The van der Waals surface area contributed by atoms with Crippen molar-refractivity contribution in [3.05, 3.63) is 59.8 Å². The second kappa shape index (κ2) is 7.64. The third kappa shape index (κ3) is 3.86. The van der Waals surface area contributed by atoms with Gasteiger partial charge in [-0.15, -0.1) is 0 Å². The zero-order valence-electron chi connectivity index (χ0n) is 15.0. The van der Waals surface area contributed by atoms with Gasteiger partial charge in [0.25, 0.3) is 5.09 Å². The molecule has 7 heteroatoms. The predicted octanol–water partition coefficient (Wildman–Crippen LogP) is 4.14. The van der Waals surface area contributed by atoms with Crippen LogP contribution in [0, 0.1) is 18.3 Å². The van der Waals surface area contributed by atoms with Gasteiger partial charge < -0.3 is 9.15 Å². The molecule has 2 aromatic carbocycles. The van der Waals surface area contributed by atoms with Crippen LogP contribution < -0.4 is 4.74 Å². The smallest absolute Gasteiger partial charge is 0.261 e. The molecular weight excluding hydrogens is 364 g/mol. The van der Waals surface area contributed by atoms with Crippen molar-refractivity contribution in [2.45, 2.75) is 30.3 Å². The second-order valence-corrected chi connectivity index (χ2v) is 7.81. The van der Waals surface area contributed by atoms with Crippen molar-refractivity contribution >= 4 is 9.84 Å². The second-order valence-electron chi connectivity index (χ2n) is 5.96. The number of sulfone groups is 1. The van der Waals surface area contributed by atoms with Gasteiger partial charge in [0.15, 0.2) is 5.69 Å². The predicted molar refractivity (Wildman–Crippen MR) is 99.1 cm³/mol. The maximum atomic E-state index is 12.8. The molecule has 0 amide bonds. The van der Waals surface area contributed by atoms with Crippen LogP contribution in [0.25, 0.3) is 11.5 Å². The molecule has 0 bridgehead atoms. The zero-order chi connectivity index (χ0) is 19.4. The van der Waals surface area contributed by atoms with Crippen molar-refractivity contribution < 1.29 is 17.6 Å². The first-order valence-electron chi connectivity index (χ1n) is 8.41. The van der Waals surface area contributed by atoms with Gasteiger partial charge in [-0.3, -0.25) is 0 Å². The summed E-state index contributed by atoms with van der Waals surface area (Å²) in [6.45, 7) is 4.48. The van der Waals surface area contributed by atoms with E-state index in [1.54, 1.807) is 42.5 Å². The first kappa shape index (κ1) is 18.7. The zero-order valence-corrected chi connectivity index (χ0v) is 15.8. The number of benzene rings is 2. The van der Waals surface area contributed by atoms with E-state index in [9.17, 15) is 13.7 Å². The van der Waals surface area contributed by atoms with Gasteiger partial charge in [0.05, 0.1) is 11.5 Å². The van der Waals surface area contributed by atoms with Gasteiger partial charge in [0, 0.05) is 5.56 Å². The summed E-state index contributed by atoms with van der Waals surface area (Å²) < 4.78 is 36.7. The molecule has 0 unspecified atom stereocenters. The Hall–Kier alpha value is -3.11. The van der Waals surface area contributed by atoms with E-state index in [4.69, 9.17) is 9.15 Å². The highest BCUT2D eigenvalue weighted by Gasteiger charge is 2.28. The third-order valence-electron chi connectivity index (χ3n) is 3.85. The lowest BCUT2D eigenvalue weighted by molar-refractivity contribution is 0.317. The number of nitrogens with zero attached hydrogens (tertiary/aromatic N) is 2.